The Hall–Kier alpha value is -3.36. The minimum absolute atomic E-state index is 0.129. The average Bonchev–Trinajstić information content (AvgIpc) is 3.17. The minimum Gasteiger partial charge on any atom is -0.619 e. The first kappa shape index (κ1) is 17.1. The van der Waals surface area contributed by atoms with Crippen molar-refractivity contribution < 1.29 is 14.0 Å². The van der Waals surface area contributed by atoms with Crippen molar-refractivity contribution in [2.24, 2.45) is 5.92 Å². The number of hydrogen-bond donors (Lipinski definition) is 0. The van der Waals surface area contributed by atoms with Crippen molar-refractivity contribution in [1.82, 2.24) is 25.0 Å². The van der Waals surface area contributed by atoms with Crippen LogP contribution >= 0.6 is 0 Å². The second kappa shape index (κ2) is 7.48. The van der Waals surface area contributed by atoms with Crippen LogP contribution in [-0.2, 0) is 6.42 Å². The summed E-state index contributed by atoms with van der Waals surface area (Å²) in [5, 5.41) is 15.4. The zero-order valence-corrected chi connectivity index (χ0v) is 14.6. The van der Waals surface area contributed by atoms with Gasteiger partial charge in [-0.25, -0.2) is 4.98 Å². The monoisotopic (exact) mass is 366 g/mol. The van der Waals surface area contributed by atoms with E-state index >= 15 is 0 Å². The Morgan fingerprint density at radius 1 is 1.41 bits per heavy atom. The first-order valence-electron chi connectivity index (χ1n) is 8.76. The van der Waals surface area contributed by atoms with Crippen LogP contribution in [0.1, 0.15) is 29.1 Å². The van der Waals surface area contributed by atoms with E-state index in [4.69, 9.17) is 4.52 Å². The molecule has 0 aliphatic carbocycles. The SMILES string of the molecule is O=C(c1ccc[n+]([O-])c1)N1CCCC(Cc2nc(-c3cnccn3)no2)C1. The van der Waals surface area contributed by atoms with Gasteiger partial charge < -0.3 is 14.6 Å². The quantitative estimate of drug-likeness (QED) is 0.504. The smallest absolute Gasteiger partial charge is 0.259 e. The van der Waals surface area contributed by atoms with E-state index in [0.717, 1.165) is 12.8 Å². The molecule has 3 aromatic heterocycles. The van der Waals surface area contributed by atoms with E-state index in [1.54, 1.807) is 35.6 Å². The summed E-state index contributed by atoms with van der Waals surface area (Å²) in [4.78, 5) is 27.0. The zero-order chi connectivity index (χ0) is 18.6. The molecule has 27 heavy (non-hydrogen) atoms. The van der Waals surface area contributed by atoms with Crippen LogP contribution in [0.3, 0.4) is 0 Å². The highest BCUT2D eigenvalue weighted by Crippen LogP contribution is 2.22. The van der Waals surface area contributed by atoms with Crippen LogP contribution in [0.2, 0.25) is 0 Å². The fourth-order valence-electron chi connectivity index (χ4n) is 3.28. The molecule has 3 aromatic rings. The second-order valence-electron chi connectivity index (χ2n) is 6.52. The highest BCUT2D eigenvalue weighted by atomic mass is 16.5. The van der Waals surface area contributed by atoms with Gasteiger partial charge in [0.05, 0.1) is 6.20 Å². The maximum Gasteiger partial charge on any atom is 0.259 e. The van der Waals surface area contributed by atoms with Gasteiger partial charge in [-0.05, 0) is 24.8 Å². The Balaban J connectivity index is 1.42. The van der Waals surface area contributed by atoms with Gasteiger partial charge in [0.25, 0.3) is 5.91 Å². The van der Waals surface area contributed by atoms with Crippen LogP contribution in [0.4, 0.5) is 0 Å². The average molecular weight is 366 g/mol. The van der Waals surface area contributed by atoms with E-state index in [1.807, 2.05) is 0 Å². The normalized spacial score (nSPS) is 17.0. The Labute approximate surface area is 155 Å². The molecule has 1 fully saturated rings. The number of rotatable bonds is 4. The second-order valence-corrected chi connectivity index (χ2v) is 6.52. The van der Waals surface area contributed by atoms with E-state index in [2.05, 4.69) is 20.1 Å². The summed E-state index contributed by atoms with van der Waals surface area (Å²) >= 11 is 0. The molecule has 1 unspecified atom stereocenters. The summed E-state index contributed by atoms with van der Waals surface area (Å²) in [6, 6.07) is 3.24. The lowest BCUT2D eigenvalue weighted by atomic mass is 9.94. The van der Waals surface area contributed by atoms with E-state index in [9.17, 15) is 10.0 Å². The standard InChI is InChI=1S/C18H18N6O3/c25-18(14-4-2-8-24(26)12-14)23-7-1-3-13(11-23)9-16-21-17(22-27-16)15-10-19-5-6-20-15/h2,4-6,8,10,12-13H,1,3,7,9,11H2. The van der Waals surface area contributed by atoms with E-state index < -0.39 is 0 Å². The topological polar surface area (TPSA) is 112 Å². The van der Waals surface area contributed by atoms with Crippen molar-refractivity contribution >= 4 is 5.91 Å². The van der Waals surface area contributed by atoms with Crippen molar-refractivity contribution in [2.75, 3.05) is 13.1 Å². The molecule has 0 N–H and O–H groups in total. The Kier molecular flexibility index (Phi) is 4.73. The minimum atomic E-state index is -0.129. The van der Waals surface area contributed by atoms with Gasteiger partial charge in [0.2, 0.25) is 11.7 Å². The highest BCUT2D eigenvalue weighted by molar-refractivity contribution is 5.93. The summed E-state index contributed by atoms with van der Waals surface area (Å²) in [5.41, 5.74) is 0.957. The maximum absolute atomic E-state index is 12.6. The third-order valence-corrected chi connectivity index (χ3v) is 4.55. The molecule has 9 nitrogen and oxygen atoms in total. The van der Waals surface area contributed by atoms with Crippen LogP contribution in [0.25, 0.3) is 11.5 Å². The van der Waals surface area contributed by atoms with E-state index in [0.29, 0.717) is 47.2 Å². The lowest BCUT2D eigenvalue weighted by Crippen LogP contribution is -2.41. The lowest BCUT2D eigenvalue weighted by Gasteiger charge is -2.32. The van der Waals surface area contributed by atoms with Gasteiger partial charge in [0.1, 0.15) is 11.3 Å². The van der Waals surface area contributed by atoms with Gasteiger partial charge in [0.15, 0.2) is 12.4 Å². The summed E-state index contributed by atoms with van der Waals surface area (Å²) in [5.74, 6) is 1.02. The van der Waals surface area contributed by atoms with Gasteiger partial charge in [-0.2, -0.15) is 9.71 Å². The molecule has 0 aromatic carbocycles. The Morgan fingerprint density at radius 3 is 3.15 bits per heavy atom. The summed E-state index contributed by atoms with van der Waals surface area (Å²) in [7, 11) is 0. The number of carbonyl (C=O) groups excluding carboxylic acids is 1. The molecule has 138 valence electrons. The first-order valence-corrected chi connectivity index (χ1v) is 8.76. The molecule has 0 radical (unpaired) electrons. The van der Waals surface area contributed by atoms with Crippen LogP contribution in [0.5, 0.6) is 0 Å². The molecule has 1 amide bonds. The van der Waals surface area contributed by atoms with Crippen LogP contribution in [0, 0.1) is 11.1 Å². The number of likely N-dealkylation sites (tertiary alicyclic amines) is 1. The number of hydrogen-bond acceptors (Lipinski definition) is 7. The van der Waals surface area contributed by atoms with Gasteiger partial charge in [-0.3, -0.25) is 9.78 Å². The molecular formula is C18H18N6O3. The number of amides is 1. The van der Waals surface area contributed by atoms with Crippen molar-refractivity contribution in [3.05, 3.63) is 59.8 Å². The molecule has 1 aliphatic heterocycles. The molecule has 0 bridgehead atoms. The predicted molar refractivity (Wildman–Crippen MR) is 93.1 cm³/mol. The van der Waals surface area contributed by atoms with Crippen LogP contribution in [-0.4, -0.2) is 44.0 Å². The van der Waals surface area contributed by atoms with Gasteiger partial charge in [-0.1, -0.05) is 5.16 Å². The van der Waals surface area contributed by atoms with Gasteiger partial charge in [0, 0.05) is 38.0 Å². The Morgan fingerprint density at radius 2 is 2.33 bits per heavy atom. The van der Waals surface area contributed by atoms with Crippen LogP contribution < -0.4 is 4.73 Å². The van der Waals surface area contributed by atoms with Crippen LogP contribution in [0.15, 0.2) is 47.6 Å². The summed E-state index contributed by atoms with van der Waals surface area (Å²) < 4.78 is 5.98. The number of carbonyl (C=O) groups is 1. The number of aromatic nitrogens is 5. The van der Waals surface area contributed by atoms with Crippen molar-refractivity contribution in [3.8, 4) is 11.5 Å². The largest absolute Gasteiger partial charge is 0.619 e. The summed E-state index contributed by atoms with van der Waals surface area (Å²) in [6.07, 6.45) is 9.86. The maximum atomic E-state index is 12.6. The molecule has 4 rings (SSSR count). The molecule has 0 spiro atoms. The van der Waals surface area contributed by atoms with Crippen molar-refractivity contribution in [2.45, 2.75) is 19.3 Å². The number of nitrogens with zero attached hydrogens (tertiary/aromatic N) is 6. The summed E-state index contributed by atoms with van der Waals surface area (Å²) in [6.45, 7) is 1.27. The van der Waals surface area contributed by atoms with Gasteiger partial charge >= 0.3 is 0 Å². The third-order valence-electron chi connectivity index (χ3n) is 4.55. The fraction of sp³-hybridized carbons (Fsp3) is 0.333. The fourth-order valence-corrected chi connectivity index (χ4v) is 3.28. The molecule has 4 heterocycles. The predicted octanol–water partition coefficient (Wildman–Crippen LogP) is 1.25. The molecule has 1 aliphatic rings. The molecular weight excluding hydrogens is 348 g/mol. The molecule has 1 saturated heterocycles. The molecule has 0 saturated carbocycles. The van der Waals surface area contributed by atoms with Crippen molar-refractivity contribution in [3.63, 3.8) is 0 Å². The number of pyridine rings is 1. The molecule has 1 atom stereocenters. The molecule has 9 heteroatoms. The Bertz CT molecular complexity index is 930. The zero-order valence-electron chi connectivity index (χ0n) is 14.6. The van der Waals surface area contributed by atoms with E-state index in [1.165, 1.54) is 12.4 Å². The first-order chi connectivity index (χ1) is 13.2. The van der Waals surface area contributed by atoms with Gasteiger partial charge in [-0.15, -0.1) is 0 Å². The van der Waals surface area contributed by atoms with E-state index in [-0.39, 0.29) is 11.8 Å². The number of piperidine rings is 1. The lowest BCUT2D eigenvalue weighted by molar-refractivity contribution is -0.605. The van der Waals surface area contributed by atoms with Crippen molar-refractivity contribution in [1.29, 1.82) is 0 Å². The third kappa shape index (κ3) is 3.91. The highest BCUT2D eigenvalue weighted by Gasteiger charge is 2.27.